The second-order valence-corrected chi connectivity index (χ2v) is 10.8. The molecule has 0 aliphatic rings. The van der Waals surface area contributed by atoms with E-state index in [0.717, 1.165) is 35.6 Å². The molecule has 192 valence electrons. The maximum Gasteiger partial charge on any atom is 0.244 e. The number of sulfonamides is 1. The lowest BCUT2D eigenvalue weighted by Crippen LogP contribution is -2.52. The number of nitrogens with one attached hydrogen (secondary N) is 1. The number of anilines is 1. The van der Waals surface area contributed by atoms with Crippen molar-refractivity contribution >= 4 is 27.5 Å². The van der Waals surface area contributed by atoms with Gasteiger partial charge < -0.3 is 10.2 Å². The van der Waals surface area contributed by atoms with Crippen LogP contribution in [0.4, 0.5) is 14.5 Å². The molecule has 0 aliphatic heterocycles. The van der Waals surface area contributed by atoms with Gasteiger partial charge in [0, 0.05) is 19.2 Å². The molecule has 2 rings (SSSR count). The van der Waals surface area contributed by atoms with Gasteiger partial charge in [-0.25, -0.2) is 17.2 Å². The molecule has 0 radical (unpaired) electrons. The van der Waals surface area contributed by atoms with Crippen molar-refractivity contribution in [3.63, 3.8) is 0 Å². The fourth-order valence-corrected chi connectivity index (χ4v) is 4.44. The van der Waals surface area contributed by atoms with Crippen LogP contribution in [0, 0.1) is 24.5 Å². The van der Waals surface area contributed by atoms with Crippen molar-refractivity contribution in [2.24, 2.45) is 5.92 Å². The van der Waals surface area contributed by atoms with Crippen LogP contribution in [0.5, 0.6) is 0 Å². The van der Waals surface area contributed by atoms with Crippen LogP contribution < -0.4 is 9.62 Å². The van der Waals surface area contributed by atoms with Gasteiger partial charge in [-0.3, -0.25) is 13.9 Å². The zero-order valence-corrected chi connectivity index (χ0v) is 21.5. The standard InChI is InChI=1S/C25H33F2N3O4S/c1-6-23(25(32)28-14-17(2)3)29(15-19-9-7-8-18(4)12-19)24(31)16-30(35(5,33)34)20-10-11-21(26)22(27)13-20/h7-13,17,23H,6,14-16H2,1-5H3,(H,28,32)/t23-/m1/s1. The van der Waals surface area contributed by atoms with Gasteiger partial charge in [0.15, 0.2) is 11.6 Å². The lowest BCUT2D eigenvalue weighted by atomic mass is 10.1. The molecule has 0 bridgehead atoms. The van der Waals surface area contributed by atoms with E-state index in [2.05, 4.69) is 5.32 Å². The number of aryl methyl sites for hydroxylation is 1. The third-order valence-electron chi connectivity index (χ3n) is 5.38. The van der Waals surface area contributed by atoms with Crippen LogP contribution in [-0.2, 0) is 26.2 Å². The molecule has 0 saturated carbocycles. The lowest BCUT2D eigenvalue weighted by molar-refractivity contribution is -0.140. The van der Waals surface area contributed by atoms with Crippen molar-refractivity contribution in [3.8, 4) is 0 Å². The van der Waals surface area contributed by atoms with E-state index in [4.69, 9.17) is 0 Å². The number of rotatable bonds is 11. The number of nitrogens with zero attached hydrogens (tertiary/aromatic N) is 2. The molecule has 35 heavy (non-hydrogen) atoms. The molecule has 2 amide bonds. The number of hydrogen-bond donors (Lipinski definition) is 1. The van der Waals surface area contributed by atoms with Crippen molar-refractivity contribution in [1.82, 2.24) is 10.2 Å². The molecule has 0 unspecified atom stereocenters. The quantitative estimate of drug-likeness (QED) is 0.501. The van der Waals surface area contributed by atoms with Crippen molar-refractivity contribution < 1.29 is 26.8 Å². The van der Waals surface area contributed by atoms with Gasteiger partial charge in [0.05, 0.1) is 11.9 Å². The van der Waals surface area contributed by atoms with Crippen LogP contribution in [0.3, 0.4) is 0 Å². The summed E-state index contributed by atoms with van der Waals surface area (Å²) in [5.41, 5.74) is 1.55. The molecule has 0 heterocycles. The zero-order valence-electron chi connectivity index (χ0n) is 20.7. The molecule has 1 N–H and O–H groups in total. The van der Waals surface area contributed by atoms with Gasteiger partial charge in [0.1, 0.15) is 12.6 Å². The zero-order chi connectivity index (χ0) is 26.3. The summed E-state index contributed by atoms with van der Waals surface area (Å²) >= 11 is 0. The van der Waals surface area contributed by atoms with E-state index in [9.17, 15) is 26.8 Å². The third kappa shape index (κ3) is 8.02. The minimum Gasteiger partial charge on any atom is -0.354 e. The summed E-state index contributed by atoms with van der Waals surface area (Å²) in [5.74, 6) is -3.16. The van der Waals surface area contributed by atoms with E-state index in [1.165, 1.54) is 4.90 Å². The van der Waals surface area contributed by atoms with E-state index in [0.29, 0.717) is 17.3 Å². The second kappa shape index (κ2) is 12.1. The molecule has 0 spiro atoms. The minimum atomic E-state index is -4.03. The molecular weight excluding hydrogens is 476 g/mol. The van der Waals surface area contributed by atoms with Crippen molar-refractivity contribution in [2.75, 3.05) is 23.7 Å². The van der Waals surface area contributed by atoms with Gasteiger partial charge in [-0.2, -0.15) is 0 Å². The summed E-state index contributed by atoms with van der Waals surface area (Å²) in [6, 6.07) is 9.18. The van der Waals surface area contributed by atoms with E-state index in [-0.39, 0.29) is 24.1 Å². The number of carbonyl (C=O) groups is 2. The number of benzene rings is 2. The van der Waals surface area contributed by atoms with Crippen LogP contribution in [0.25, 0.3) is 0 Å². The molecule has 0 fully saturated rings. The maximum atomic E-state index is 13.8. The van der Waals surface area contributed by atoms with Gasteiger partial charge in [-0.1, -0.05) is 50.6 Å². The van der Waals surface area contributed by atoms with E-state index < -0.39 is 40.2 Å². The highest BCUT2D eigenvalue weighted by atomic mass is 32.2. The largest absolute Gasteiger partial charge is 0.354 e. The summed E-state index contributed by atoms with van der Waals surface area (Å²) in [4.78, 5) is 27.9. The van der Waals surface area contributed by atoms with Crippen molar-refractivity contribution in [3.05, 3.63) is 65.2 Å². The van der Waals surface area contributed by atoms with Gasteiger partial charge in [0.2, 0.25) is 21.8 Å². The molecule has 1 atom stereocenters. The maximum absolute atomic E-state index is 13.8. The topological polar surface area (TPSA) is 86.8 Å². The van der Waals surface area contributed by atoms with E-state index in [1.807, 2.05) is 45.0 Å². The molecule has 0 aliphatic carbocycles. The first-order valence-corrected chi connectivity index (χ1v) is 13.2. The number of hydrogen-bond acceptors (Lipinski definition) is 4. The number of amides is 2. The predicted octanol–water partition coefficient (Wildman–Crippen LogP) is 3.62. The molecule has 2 aromatic rings. The monoisotopic (exact) mass is 509 g/mol. The Morgan fingerprint density at radius 1 is 1.06 bits per heavy atom. The Balaban J connectivity index is 2.44. The lowest BCUT2D eigenvalue weighted by Gasteiger charge is -2.33. The summed E-state index contributed by atoms with van der Waals surface area (Å²) in [5, 5.41) is 2.84. The average Bonchev–Trinajstić information content (AvgIpc) is 2.77. The van der Waals surface area contributed by atoms with Gasteiger partial charge in [-0.05, 0) is 37.0 Å². The Kier molecular flexibility index (Phi) is 9.76. The second-order valence-electron chi connectivity index (χ2n) is 8.94. The highest BCUT2D eigenvalue weighted by Crippen LogP contribution is 2.22. The van der Waals surface area contributed by atoms with Crippen LogP contribution in [0.2, 0.25) is 0 Å². The van der Waals surface area contributed by atoms with Crippen molar-refractivity contribution in [2.45, 2.75) is 46.7 Å². The Morgan fingerprint density at radius 2 is 1.74 bits per heavy atom. The number of carbonyl (C=O) groups excluding carboxylic acids is 2. The van der Waals surface area contributed by atoms with Crippen molar-refractivity contribution in [1.29, 1.82) is 0 Å². The summed E-state index contributed by atoms with van der Waals surface area (Å²) in [6.07, 6.45) is 1.17. The highest BCUT2D eigenvalue weighted by Gasteiger charge is 2.32. The van der Waals surface area contributed by atoms with Crippen LogP contribution in [-0.4, -0.2) is 50.5 Å². The normalized spacial score (nSPS) is 12.3. The first kappa shape index (κ1) is 28.2. The van der Waals surface area contributed by atoms with Gasteiger partial charge >= 0.3 is 0 Å². The fraction of sp³-hybridized carbons (Fsp3) is 0.440. The summed E-state index contributed by atoms with van der Waals surface area (Å²) < 4.78 is 53.0. The Hall–Kier alpha value is -3.01. The molecule has 7 nitrogen and oxygen atoms in total. The molecular formula is C25H33F2N3O4S. The Bertz CT molecular complexity index is 1160. The van der Waals surface area contributed by atoms with Crippen LogP contribution in [0.15, 0.2) is 42.5 Å². The van der Waals surface area contributed by atoms with E-state index >= 15 is 0 Å². The highest BCUT2D eigenvalue weighted by molar-refractivity contribution is 7.92. The first-order valence-electron chi connectivity index (χ1n) is 11.4. The molecule has 10 heteroatoms. The molecule has 0 aromatic heterocycles. The summed E-state index contributed by atoms with van der Waals surface area (Å²) in [6.45, 7) is 7.38. The Labute approximate surface area is 206 Å². The van der Waals surface area contributed by atoms with Gasteiger partial charge in [-0.15, -0.1) is 0 Å². The van der Waals surface area contributed by atoms with E-state index in [1.54, 1.807) is 6.92 Å². The first-order chi connectivity index (χ1) is 16.3. The summed E-state index contributed by atoms with van der Waals surface area (Å²) in [7, 11) is -4.03. The Morgan fingerprint density at radius 3 is 2.29 bits per heavy atom. The van der Waals surface area contributed by atoms with Gasteiger partial charge in [0.25, 0.3) is 0 Å². The third-order valence-corrected chi connectivity index (χ3v) is 6.52. The average molecular weight is 510 g/mol. The number of halogens is 2. The molecule has 0 saturated heterocycles. The minimum absolute atomic E-state index is 0.0729. The van der Waals surface area contributed by atoms with Crippen LogP contribution >= 0.6 is 0 Å². The predicted molar refractivity (Wildman–Crippen MR) is 132 cm³/mol. The fourth-order valence-electron chi connectivity index (χ4n) is 3.60. The molecule has 2 aromatic carbocycles. The smallest absolute Gasteiger partial charge is 0.244 e. The van der Waals surface area contributed by atoms with Crippen LogP contribution in [0.1, 0.15) is 38.3 Å². The SMILES string of the molecule is CC[C@H](C(=O)NCC(C)C)N(Cc1cccc(C)c1)C(=O)CN(c1ccc(F)c(F)c1)S(C)(=O)=O.